The van der Waals surface area contributed by atoms with Crippen LogP contribution < -0.4 is 0 Å². The summed E-state index contributed by atoms with van der Waals surface area (Å²) in [6, 6.07) is 0. The monoisotopic (exact) mass is 482 g/mol. The summed E-state index contributed by atoms with van der Waals surface area (Å²) < 4.78 is 0. The summed E-state index contributed by atoms with van der Waals surface area (Å²) in [5.74, 6) is 0. The van der Waals surface area contributed by atoms with E-state index in [0.717, 1.165) is 0 Å². The molecule has 0 aliphatic heterocycles. The van der Waals surface area contributed by atoms with Gasteiger partial charge in [-0.1, -0.05) is 162 Å². The fourth-order valence-corrected chi connectivity index (χ4v) is 6.05. The first-order valence-corrected chi connectivity index (χ1v) is 16.8. The molecule has 0 saturated carbocycles. The summed E-state index contributed by atoms with van der Waals surface area (Å²) in [4.78, 5) is 0. The SMILES string of the molecule is CCCCCCC(CCCCCC)(CCCCCC)CCCCCCCCCCCCCP. The highest BCUT2D eigenvalue weighted by molar-refractivity contribution is 7.16. The van der Waals surface area contributed by atoms with Crippen molar-refractivity contribution in [2.24, 2.45) is 5.41 Å². The van der Waals surface area contributed by atoms with Crippen LogP contribution in [0.25, 0.3) is 0 Å². The van der Waals surface area contributed by atoms with Crippen molar-refractivity contribution in [1.82, 2.24) is 0 Å². The summed E-state index contributed by atoms with van der Waals surface area (Å²) >= 11 is 0. The van der Waals surface area contributed by atoms with Crippen molar-refractivity contribution >= 4 is 9.24 Å². The van der Waals surface area contributed by atoms with Gasteiger partial charge >= 0.3 is 0 Å². The lowest BCUT2D eigenvalue weighted by Crippen LogP contribution is -2.21. The van der Waals surface area contributed by atoms with Crippen LogP contribution in [0.15, 0.2) is 0 Å². The van der Waals surface area contributed by atoms with E-state index in [1.807, 2.05) is 0 Å². The second kappa shape index (κ2) is 27.0. The van der Waals surface area contributed by atoms with E-state index in [-0.39, 0.29) is 0 Å². The molecule has 0 nitrogen and oxygen atoms in total. The first-order valence-electron chi connectivity index (χ1n) is 15.9. The molecule has 0 saturated heterocycles. The quantitative estimate of drug-likeness (QED) is 0.0768. The molecule has 200 valence electrons. The lowest BCUT2D eigenvalue weighted by atomic mass is 9.70. The van der Waals surface area contributed by atoms with E-state index < -0.39 is 0 Å². The summed E-state index contributed by atoms with van der Waals surface area (Å²) in [5.41, 5.74) is 0.687. The average molecular weight is 483 g/mol. The maximum atomic E-state index is 2.86. The number of hydrogen-bond acceptors (Lipinski definition) is 0. The van der Waals surface area contributed by atoms with Crippen LogP contribution in [0.5, 0.6) is 0 Å². The zero-order valence-corrected chi connectivity index (χ0v) is 25.0. The number of unbranched alkanes of at least 4 members (excludes halogenated alkanes) is 19. The molecule has 1 unspecified atom stereocenters. The summed E-state index contributed by atoms with van der Waals surface area (Å²) in [5, 5.41) is 0. The molecule has 0 spiro atoms. The second-order valence-electron chi connectivity index (χ2n) is 11.4. The van der Waals surface area contributed by atoms with E-state index in [1.165, 1.54) is 180 Å². The van der Waals surface area contributed by atoms with E-state index in [9.17, 15) is 0 Å². The van der Waals surface area contributed by atoms with Crippen molar-refractivity contribution < 1.29 is 0 Å². The van der Waals surface area contributed by atoms with Crippen LogP contribution in [-0.2, 0) is 0 Å². The molecule has 0 heterocycles. The Morgan fingerprint density at radius 3 is 0.848 bits per heavy atom. The highest BCUT2D eigenvalue weighted by Crippen LogP contribution is 2.42. The third-order valence-electron chi connectivity index (χ3n) is 8.09. The topological polar surface area (TPSA) is 0 Å². The molecule has 0 N–H and O–H groups in total. The molecule has 1 atom stereocenters. The third-order valence-corrected chi connectivity index (χ3v) is 8.50. The van der Waals surface area contributed by atoms with Crippen molar-refractivity contribution in [2.75, 3.05) is 6.16 Å². The van der Waals surface area contributed by atoms with Gasteiger partial charge in [0.2, 0.25) is 0 Å². The van der Waals surface area contributed by atoms with Crippen molar-refractivity contribution in [1.29, 1.82) is 0 Å². The maximum absolute atomic E-state index is 2.86. The van der Waals surface area contributed by atoms with Crippen LogP contribution in [0.1, 0.15) is 194 Å². The van der Waals surface area contributed by atoms with E-state index in [4.69, 9.17) is 0 Å². The predicted octanol–water partition coefficient (Wildman–Crippen LogP) is 12.4. The Bertz CT molecular complexity index is 319. The van der Waals surface area contributed by atoms with Crippen LogP contribution in [0, 0.1) is 5.41 Å². The predicted molar refractivity (Wildman–Crippen MR) is 159 cm³/mol. The van der Waals surface area contributed by atoms with Gasteiger partial charge in [-0.2, -0.15) is 0 Å². The van der Waals surface area contributed by atoms with Gasteiger partial charge in [0.1, 0.15) is 0 Å². The van der Waals surface area contributed by atoms with Gasteiger partial charge in [-0.25, -0.2) is 0 Å². The van der Waals surface area contributed by atoms with Gasteiger partial charge in [-0.3, -0.25) is 0 Å². The molecule has 0 aliphatic carbocycles. The van der Waals surface area contributed by atoms with Crippen molar-refractivity contribution in [3.8, 4) is 0 Å². The van der Waals surface area contributed by atoms with Crippen LogP contribution in [0.4, 0.5) is 0 Å². The molecular formula is C32H67P. The minimum Gasteiger partial charge on any atom is -0.138 e. The van der Waals surface area contributed by atoms with Crippen molar-refractivity contribution in [3.63, 3.8) is 0 Å². The lowest BCUT2D eigenvalue weighted by Gasteiger charge is -2.35. The van der Waals surface area contributed by atoms with E-state index in [1.54, 1.807) is 0 Å². The highest BCUT2D eigenvalue weighted by Gasteiger charge is 2.28. The van der Waals surface area contributed by atoms with Gasteiger partial charge < -0.3 is 0 Å². The molecule has 0 bridgehead atoms. The molecule has 0 aliphatic rings. The minimum absolute atomic E-state index is 0.687. The minimum atomic E-state index is 0.687. The van der Waals surface area contributed by atoms with Crippen molar-refractivity contribution in [2.45, 2.75) is 194 Å². The molecule has 0 aromatic heterocycles. The highest BCUT2D eigenvalue weighted by atomic mass is 31.0. The van der Waals surface area contributed by atoms with Crippen LogP contribution >= 0.6 is 9.24 Å². The summed E-state index contributed by atoms with van der Waals surface area (Å²) in [7, 11) is 2.86. The Morgan fingerprint density at radius 1 is 0.333 bits per heavy atom. The van der Waals surface area contributed by atoms with E-state index >= 15 is 0 Å². The van der Waals surface area contributed by atoms with Crippen LogP contribution in [0.3, 0.4) is 0 Å². The zero-order valence-electron chi connectivity index (χ0n) is 23.9. The Balaban J connectivity index is 4.34. The smallest absolute Gasteiger partial charge is 0.0297 e. The van der Waals surface area contributed by atoms with Crippen LogP contribution in [-0.4, -0.2) is 6.16 Å². The van der Waals surface area contributed by atoms with E-state index in [0.29, 0.717) is 5.41 Å². The Labute approximate surface area is 214 Å². The Kier molecular flexibility index (Phi) is 27.4. The largest absolute Gasteiger partial charge is 0.138 e. The molecule has 0 aromatic rings. The first-order chi connectivity index (χ1) is 16.2. The van der Waals surface area contributed by atoms with Crippen molar-refractivity contribution in [3.05, 3.63) is 0 Å². The standard InChI is InChI=1S/C32H67P/c1-4-7-10-22-27-32(28-23-11-8-5-2,29-24-12-9-6-3)30-25-20-18-16-14-13-15-17-19-21-26-31-33/h4-31,33H2,1-3H3. The molecule has 0 radical (unpaired) electrons. The molecular weight excluding hydrogens is 415 g/mol. The maximum Gasteiger partial charge on any atom is -0.0297 e. The van der Waals surface area contributed by atoms with Gasteiger partial charge in [0.15, 0.2) is 0 Å². The molecule has 33 heavy (non-hydrogen) atoms. The van der Waals surface area contributed by atoms with Gasteiger partial charge in [0.05, 0.1) is 0 Å². The lowest BCUT2D eigenvalue weighted by molar-refractivity contribution is 0.172. The third kappa shape index (κ3) is 22.6. The first kappa shape index (κ1) is 33.4. The average Bonchev–Trinajstić information content (AvgIpc) is 2.83. The number of rotatable bonds is 28. The molecule has 0 fully saturated rings. The van der Waals surface area contributed by atoms with E-state index in [2.05, 4.69) is 30.0 Å². The van der Waals surface area contributed by atoms with Gasteiger partial charge in [-0.05, 0) is 43.7 Å². The van der Waals surface area contributed by atoms with Crippen LogP contribution in [0.2, 0.25) is 0 Å². The van der Waals surface area contributed by atoms with Gasteiger partial charge in [0.25, 0.3) is 0 Å². The second-order valence-corrected chi connectivity index (χ2v) is 11.9. The number of hydrogen-bond donors (Lipinski definition) is 0. The molecule has 1 heteroatoms. The molecule has 0 aromatic carbocycles. The van der Waals surface area contributed by atoms with Gasteiger partial charge in [0, 0.05) is 0 Å². The fourth-order valence-electron chi connectivity index (χ4n) is 5.77. The summed E-state index contributed by atoms with van der Waals surface area (Å²) in [6.45, 7) is 7.07. The zero-order chi connectivity index (χ0) is 24.3. The van der Waals surface area contributed by atoms with Gasteiger partial charge in [-0.15, -0.1) is 9.24 Å². The Hall–Kier alpha value is 0.430. The molecule has 0 rings (SSSR count). The summed E-state index contributed by atoms with van der Waals surface area (Å²) in [6.07, 6.45) is 41.0. The molecule has 0 amide bonds. The fraction of sp³-hybridized carbons (Fsp3) is 1.00. The Morgan fingerprint density at radius 2 is 0.576 bits per heavy atom. The normalized spacial score (nSPS) is 12.0.